The summed E-state index contributed by atoms with van der Waals surface area (Å²) in [7, 11) is 0. The van der Waals surface area contributed by atoms with Crippen molar-refractivity contribution in [1.29, 1.82) is 5.26 Å². The molecule has 1 aliphatic rings. The summed E-state index contributed by atoms with van der Waals surface area (Å²) in [6, 6.07) is 7.71. The van der Waals surface area contributed by atoms with Gasteiger partial charge in [-0.3, -0.25) is 0 Å². The van der Waals surface area contributed by atoms with E-state index in [0.717, 1.165) is 16.8 Å². The van der Waals surface area contributed by atoms with Crippen molar-refractivity contribution in [2.45, 2.75) is 32.1 Å². The van der Waals surface area contributed by atoms with Gasteiger partial charge in [-0.05, 0) is 46.8 Å². The number of halogens is 1. The molecule has 1 aliphatic carbocycles. The maximum atomic E-state index is 8.92. The van der Waals surface area contributed by atoms with Gasteiger partial charge in [0.15, 0.2) is 0 Å². The second-order valence-electron chi connectivity index (χ2n) is 4.54. The SMILES string of the molecule is N#Cc1cccc(OCC2CCCCC2)c1Br. The quantitative estimate of drug-likeness (QED) is 0.833. The van der Waals surface area contributed by atoms with E-state index in [1.807, 2.05) is 12.1 Å². The van der Waals surface area contributed by atoms with Gasteiger partial charge < -0.3 is 4.74 Å². The van der Waals surface area contributed by atoms with Crippen LogP contribution in [0.15, 0.2) is 22.7 Å². The molecule has 0 radical (unpaired) electrons. The van der Waals surface area contributed by atoms with Crippen LogP contribution in [0.1, 0.15) is 37.7 Å². The summed E-state index contributed by atoms with van der Waals surface area (Å²) in [6.45, 7) is 0.771. The van der Waals surface area contributed by atoms with Crippen LogP contribution in [0.25, 0.3) is 0 Å². The van der Waals surface area contributed by atoms with E-state index in [4.69, 9.17) is 10.00 Å². The van der Waals surface area contributed by atoms with Crippen molar-refractivity contribution in [1.82, 2.24) is 0 Å². The first-order valence-electron chi connectivity index (χ1n) is 6.12. The predicted octanol–water partition coefficient (Wildman–Crippen LogP) is 4.28. The highest BCUT2D eigenvalue weighted by Crippen LogP contribution is 2.30. The van der Waals surface area contributed by atoms with Gasteiger partial charge in [0.1, 0.15) is 11.8 Å². The Morgan fingerprint density at radius 2 is 2.06 bits per heavy atom. The average molecular weight is 294 g/mol. The number of nitriles is 1. The Morgan fingerprint density at radius 3 is 2.76 bits per heavy atom. The molecule has 0 amide bonds. The standard InChI is InChI=1S/C14H16BrNO/c15-14-12(9-16)7-4-8-13(14)17-10-11-5-2-1-3-6-11/h4,7-8,11H,1-3,5-6,10H2. The third kappa shape index (κ3) is 3.23. The van der Waals surface area contributed by atoms with Gasteiger partial charge in [-0.15, -0.1) is 0 Å². The molecule has 0 unspecified atom stereocenters. The van der Waals surface area contributed by atoms with Crippen LogP contribution in [0.5, 0.6) is 5.75 Å². The van der Waals surface area contributed by atoms with Crippen LogP contribution in [-0.2, 0) is 0 Å². The summed E-state index contributed by atoms with van der Waals surface area (Å²) in [5.74, 6) is 1.47. The van der Waals surface area contributed by atoms with E-state index in [0.29, 0.717) is 11.5 Å². The van der Waals surface area contributed by atoms with Crippen molar-refractivity contribution in [2.24, 2.45) is 5.92 Å². The Kier molecular flexibility index (Phi) is 4.44. The topological polar surface area (TPSA) is 33.0 Å². The molecule has 0 spiro atoms. The lowest BCUT2D eigenvalue weighted by atomic mass is 9.90. The second kappa shape index (κ2) is 6.07. The summed E-state index contributed by atoms with van der Waals surface area (Å²) in [6.07, 6.45) is 6.57. The highest BCUT2D eigenvalue weighted by molar-refractivity contribution is 9.10. The third-order valence-corrected chi connectivity index (χ3v) is 4.10. The van der Waals surface area contributed by atoms with Gasteiger partial charge >= 0.3 is 0 Å². The fourth-order valence-electron chi connectivity index (χ4n) is 2.27. The third-order valence-electron chi connectivity index (χ3n) is 3.28. The molecule has 1 fully saturated rings. The van der Waals surface area contributed by atoms with Gasteiger partial charge in [-0.25, -0.2) is 0 Å². The molecule has 0 aromatic heterocycles. The first kappa shape index (κ1) is 12.4. The van der Waals surface area contributed by atoms with Crippen molar-refractivity contribution in [3.8, 4) is 11.8 Å². The molecule has 1 saturated carbocycles. The van der Waals surface area contributed by atoms with Gasteiger partial charge in [0.05, 0.1) is 16.6 Å². The highest BCUT2D eigenvalue weighted by Gasteiger charge is 2.15. The second-order valence-corrected chi connectivity index (χ2v) is 5.34. The Morgan fingerprint density at radius 1 is 1.29 bits per heavy atom. The molecular weight excluding hydrogens is 278 g/mol. The Bertz CT molecular complexity index is 419. The smallest absolute Gasteiger partial charge is 0.134 e. The average Bonchev–Trinajstić information content (AvgIpc) is 2.39. The first-order valence-corrected chi connectivity index (χ1v) is 6.92. The van der Waals surface area contributed by atoms with E-state index in [-0.39, 0.29) is 0 Å². The predicted molar refractivity (Wildman–Crippen MR) is 70.9 cm³/mol. The molecule has 17 heavy (non-hydrogen) atoms. The molecule has 1 aromatic rings. The zero-order chi connectivity index (χ0) is 12.1. The lowest BCUT2D eigenvalue weighted by Crippen LogP contribution is -2.15. The van der Waals surface area contributed by atoms with Crippen molar-refractivity contribution >= 4 is 15.9 Å². The lowest BCUT2D eigenvalue weighted by Gasteiger charge is -2.22. The zero-order valence-electron chi connectivity index (χ0n) is 9.79. The van der Waals surface area contributed by atoms with Gasteiger partial charge in [-0.2, -0.15) is 5.26 Å². The maximum Gasteiger partial charge on any atom is 0.134 e. The molecule has 1 aromatic carbocycles. The summed E-state index contributed by atoms with van der Waals surface area (Å²) >= 11 is 3.42. The van der Waals surface area contributed by atoms with Crippen molar-refractivity contribution in [3.05, 3.63) is 28.2 Å². The Hall–Kier alpha value is -1.01. The van der Waals surface area contributed by atoms with E-state index < -0.39 is 0 Å². The first-order chi connectivity index (χ1) is 8.31. The molecule has 3 heteroatoms. The Labute approximate surface area is 111 Å². The van der Waals surface area contributed by atoms with Crippen molar-refractivity contribution in [3.63, 3.8) is 0 Å². The fraction of sp³-hybridized carbons (Fsp3) is 0.500. The van der Waals surface area contributed by atoms with Gasteiger partial charge in [0.2, 0.25) is 0 Å². The summed E-state index contributed by atoms with van der Waals surface area (Å²) in [5, 5.41) is 8.92. The number of rotatable bonds is 3. The number of benzene rings is 1. The fourth-order valence-corrected chi connectivity index (χ4v) is 2.74. The van der Waals surface area contributed by atoms with Crippen LogP contribution in [0.2, 0.25) is 0 Å². The van der Waals surface area contributed by atoms with Crippen LogP contribution >= 0.6 is 15.9 Å². The molecule has 0 heterocycles. The minimum Gasteiger partial charge on any atom is -0.492 e. The molecule has 0 saturated heterocycles. The van der Waals surface area contributed by atoms with E-state index in [1.54, 1.807) is 6.07 Å². The lowest BCUT2D eigenvalue weighted by molar-refractivity contribution is 0.208. The monoisotopic (exact) mass is 293 g/mol. The Balaban J connectivity index is 1.96. The number of nitrogens with zero attached hydrogens (tertiary/aromatic N) is 1. The molecule has 2 nitrogen and oxygen atoms in total. The zero-order valence-corrected chi connectivity index (χ0v) is 11.4. The number of hydrogen-bond donors (Lipinski definition) is 0. The summed E-state index contributed by atoms with van der Waals surface area (Å²) in [4.78, 5) is 0. The van der Waals surface area contributed by atoms with Crippen molar-refractivity contribution in [2.75, 3.05) is 6.61 Å². The normalized spacial score (nSPS) is 16.5. The van der Waals surface area contributed by atoms with Gasteiger partial charge in [0, 0.05) is 0 Å². The van der Waals surface area contributed by atoms with Crippen LogP contribution < -0.4 is 4.74 Å². The number of hydrogen-bond acceptors (Lipinski definition) is 2. The van der Waals surface area contributed by atoms with Crippen LogP contribution in [0, 0.1) is 17.2 Å². The van der Waals surface area contributed by atoms with E-state index in [2.05, 4.69) is 22.0 Å². The van der Waals surface area contributed by atoms with Crippen LogP contribution in [0.4, 0.5) is 0 Å². The summed E-state index contributed by atoms with van der Waals surface area (Å²) in [5.41, 5.74) is 0.631. The molecule has 0 bridgehead atoms. The molecule has 2 rings (SSSR count). The van der Waals surface area contributed by atoms with Crippen molar-refractivity contribution < 1.29 is 4.74 Å². The summed E-state index contributed by atoms with van der Waals surface area (Å²) < 4.78 is 6.60. The molecule has 90 valence electrons. The van der Waals surface area contributed by atoms with E-state index in [1.165, 1.54) is 32.1 Å². The highest BCUT2D eigenvalue weighted by atomic mass is 79.9. The van der Waals surface area contributed by atoms with E-state index in [9.17, 15) is 0 Å². The van der Waals surface area contributed by atoms with Gasteiger partial charge in [-0.1, -0.05) is 25.3 Å². The molecule has 0 N–H and O–H groups in total. The largest absolute Gasteiger partial charge is 0.492 e. The minimum absolute atomic E-state index is 0.631. The van der Waals surface area contributed by atoms with Crippen LogP contribution in [0.3, 0.4) is 0 Å². The van der Waals surface area contributed by atoms with Gasteiger partial charge in [0.25, 0.3) is 0 Å². The maximum absolute atomic E-state index is 8.92. The minimum atomic E-state index is 0.631. The van der Waals surface area contributed by atoms with Crippen LogP contribution in [-0.4, -0.2) is 6.61 Å². The molecule has 0 aliphatic heterocycles. The van der Waals surface area contributed by atoms with E-state index >= 15 is 0 Å². The molecular formula is C14H16BrNO. The molecule has 0 atom stereocenters. The number of ether oxygens (including phenoxy) is 1.